The van der Waals surface area contributed by atoms with Gasteiger partial charge in [0.25, 0.3) is 0 Å². The number of hydrogen-bond acceptors (Lipinski definition) is 4. The van der Waals surface area contributed by atoms with Crippen LogP contribution < -0.4 is 4.74 Å². The second-order valence-corrected chi connectivity index (χ2v) is 9.27. The summed E-state index contributed by atoms with van der Waals surface area (Å²) < 4.78 is 41.5. The minimum absolute atomic E-state index is 0.00223. The van der Waals surface area contributed by atoms with Crippen LogP contribution in [0.4, 0.5) is 8.78 Å². The minimum atomic E-state index is -0.809. The van der Waals surface area contributed by atoms with Crippen molar-refractivity contribution in [1.82, 2.24) is 14.7 Å². The number of halogens is 2. The molecule has 1 aliphatic carbocycles. The highest BCUT2D eigenvalue weighted by Gasteiger charge is 2.33. The maximum absolute atomic E-state index is 14.6. The Bertz CT molecular complexity index is 1190. The van der Waals surface area contributed by atoms with Gasteiger partial charge in [-0.25, -0.2) is 13.5 Å². The summed E-state index contributed by atoms with van der Waals surface area (Å²) in [7, 11) is 0. The molecule has 2 aromatic carbocycles. The van der Waals surface area contributed by atoms with Crippen LogP contribution in [-0.2, 0) is 16.1 Å². The van der Waals surface area contributed by atoms with Crippen molar-refractivity contribution in [1.29, 1.82) is 0 Å². The van der Waals surface area contributed by atoms with Crippen molar-refractivity contribution in [3.63, 3.8) is 0 Å². The van der Waals surface area contributed by atoms with Gasteiger partial charge in [0.2, 0.25) is 11.8 Å². The lowest BCUT2D eigenvalue weighted by molar-refractivity contribution is -0.140. The Morgan fingerprint density at radius 2 is 1.94 bits per heavy atom. The third-order valence-electron chi connectivity index (χ3n) is 6.80. The lowest BCUT2D eigenvalue weighted by Gasteiger charge is -2.33. The van der Waals surface area contributed by atoms with Gasteiger partial charge in [-0.1, -0.05) is 24.6 Å². The Kier molecular flexibility index (Phi) is 6.81. The molecule has 1 saturated carbocycles. The number of nitrogens with zero attached hydrogens (tertiary/aromatic N) is 3. The highest BCUT2D eigenvalue weighted by molar-refractivity contribution is 5.79. The van der Waals surface area contributed by atoms with Gasteiger partial charge in [-0.3, -0.25) is 4.79 Å². The largest absolute Gasteiger partial charge is 0.435 e. The summed E-state index contributed by atoms with van der Waals surface area (Å²) in [5.74, 6) is -1.16. The Labute approximate surface area is 203 Å². The molecule has 0 N–H and O–H groups in total. The fourth-order valence-electron chi connectivity index (χ4n) is 4.60. The van der Waals surface area contributed by atoms with Crippen LogP contribution in [0.15, 0.2) is 48.5 Å². The molecule has 1 aliphatic heterocycles. The molecule has 8 heteroatoms. The van der Waals surface area contributed by atoms with Gasteiger partial charge in [-0.2, -0.15) is 5.10 Å². The first-order valence-electron chi connectivity index (χ1n) is 12.2. The lowest BCUT2D eigenvalue weighted by atomic mass is 9.84. The molecule has 35 heavy (non-hydrogen) atoms. The number of ether oxygens (including phenoxy) is 2. The molecule has 1 atom stereocenters. The van der Waals surface area contributed by atoms with E-state index >= 15 is 0 Å². The zero-order valence-electron chi connectivity index (χ0n) is 19.8. The molecule has 1 amide bonds. The van der Waals surface area contributed by atoms with Gasteiger partial charge in [-0.15, -0.1) is 0 Å². The first-order valence-corrected chi connectivity index (χ1v) is 12.2. The van der Waals surface area contributed by atoms with Crippen LogP contribution in [0.3, 0.4) is 0 Å². The average molecular weight is 482 g/mol. The highest BCUT2D eigenvalue weighted by Crippen LogP contribution is 2.35. The van der Waals surface area contributed by atoms with Crippen LogP contribution in [0, 0.1) is 24.5 Å². The van der Waals surface area contributed by atoms with Gasteiger partial charge in [0.1, 0.15) is 5.82 Å². The number of rotatable bonds is 8. The van der Waals surface area contributed by atoms with Crippen molar-refractivity contribution in [3.05, 3.63) is 71.4 Å². The van der Waals surface area contributed by atoms with Gasteiger partial charge >= 0.3 is 0 Å². The predicted octanol–water partition coefficient (Wildman–Crippen LogP) is 5.56. The smallest absolute Gasteiger partial charge is 0.228 e. The van der Waals surface area contributed by atoms with E-state index in [1.807, 2.05) is 42.2 Å². The molecule has 2 aliphatic rings. The van der Waals surface area contributed by atoms with Crippen molar-refractivity contribution in [2.75, 3.05) is 13.2 Å². The van der Waals surface area contributed by atoms with E-state index in [2.05, 4.69) is 5.10 Å². The second-order valence-electron chi connectivity index (χ2n) is 9.27. The molecule has 0 radical (unpaired) electrons. The highest BCUT2D eigenvalue weighted by atomic mass is 19.1. The van der Waals surface area contributed by atoms with Crippen LogP contribution in [0.5, 0.6) is 11.6 Å². The molecule has 3 aromatic rings. The topological polar surface area (TPSA) is 56.6 Å². The number of para-hydroxylation sites is 1. The fourth-order valence-corrected chi connectivity index (χ4v) is 4.60. The number of carbonyl (C=O) groups excluding carboxylic acids is 1. The van der Waals surface area contributed by atoms with Crippen LogP contribution in [0.2, 0.25) is 0 Å². The number of aromatic nitrogens is 2. The van der Waals surface area contributed by atoms with E-state index in [-0.39, 0.29) is 30.2 Å². The summed E-state index contributed by atoms with van der Waals surface area (Å²) in [6, 6.07) is 12.6. The second kappa shape index (κ2) is 10.2. The van der Waals surface area contributed by atoms with E-state index in [0.717, 1.165) is 49.9 Å². The molecule has 1 aromatic heterocycles. The predicted molar refractivity (Wildman–Crippen MR) is 126 cm³/mol. The van der Waals surface area contributed by atoms with Gasteiger partial charge < -0.3 is 14.4 Å². The minimum Gasteiger partial charge on any atom is -0.435 e. The molecular weight excluding hydrogens is 452 g/mol. The lowest BCUT2D eigenvalue weighted by Crippen LogP contribution is -2.42. The molecule has 1 unspecified atom stereocenters. The van der Waals surface area contributed by atoms with E-state index in [9.17, 15) is 13.6 Å². The molecule has 2 heterocycles. The molecule has 5 rings (SSSR count). The number of carbonyl (C=O) groups is 1. The van der Waals surface area contributed by atoms with Gasteiger partial charge in [0, 0.05) is 25.1 Å². The number of hydrogen-bond donors (Lipinski definition) is 0. The van der Waals surface area contributed by atoms with E-state index in [1.165, 1.54) is 6.07 Å². The fraction of sp³-hybridized carbons (Fsp3) is 0.407. The monoisotopic (exact) mass is 481 g/mol. The average Bonchev–Trinajstić information content (AvgIpc) is 3.43. The van der Waals surface area contributed by atoms with Crippen LogP contribution >= 0.6 is 0 Å². The molecule has 6 nitrogen and oxygen atoms in total. The Morgan fingerprint density at radius 1 is 1.14 bits per heavy atom. The van der Waals surface area contributed by atoms with E-state index in [1.54, 1.807) is 4.68 Å². The van der Waals surface area contributed by atoms with E-state index in [4.69, 9.17) is 9.47 Å². The van der Waals surface area contributed by atoms with Crippen molar-refractivity contribution in [3.8, 4) is 17.3 Å². The van der Waals surface area contributed by atoms with Crippen LogP contribution in [0.1, 0.15) is 43.4 Å². The standard InChI is InChI=1S/C27H29F2N3O3/c1-18-23(17-31(16-22-11-6-14-34-22)26(33)19-7-5-8-19)27(32(30-18)21-9-3-2-4-10-21)35-25-13-12-20(28)15-24(25)29/h2-4,9-10,12-13,15,19,22H,5-8,11,14,16-17H2,1H3. The Balaban J connectivity index is 1.53. The zero-order valence-corrected chi connectivity index (χ0v) is 19.8. The molecule has 2 fully saturated rings. The van der Waals surface area contributed by atoms with Crippen molar-refractivity contribution in [2.45, 2.75) is 51.7 Å². The SMILES string of the molecule is Cc1nn(-c2ccccc2)c(Oc2ccc(F)cc2F)c1CN(CC1CCCO1)C(=O)C1CCC1. The molecule has 1 saturated heterocycles. The molecule has 184 valence electrons. The third kappa shape index (κ3) is 5.07. The Hall–Kier alpha value is -3.26. The molecule has 0 spiro atoms. The van der Waals surface area contributed by atoms with Crippen molar-refractivity contribution in [2.24, 2.45) is 5.92 Å². The summed E-state index contributed by atoms with van der Waals surface area (Å²) >= 11 is 0. The summed E-state index contributed by atoms with van der Waals surface area (Å²) in [4.78, 5) is 15.2. The normalized spacial score (nSPS) is 17.9. The maximum Gasteiger partial charge on any atom is 0.228 e. The Morgan fingerprint density at radius 3 is 2.60 bits per heavy atom. The molecule has 0 bridgehead atoms. The summed E-state index contributed by atoms with van der Waals surface area (Å²) in [6.07, 6.45) is 4.76. The number of amides is 1. The third-order valence-corrected chi connectivity index (χ3v) is 6.80. The summed E-state index contributed by atoms with van der Waals surface area (Å²) in [5, 5.41) is 4.67. The van der Waals surface area contributed by atoms with Gasteiger partial charge in [-0.05, 0) is 56.9 Å². The summed E-state index contributed by atoms with van der Waals surface area (Å²) in [6.45, 7) is 3.32. The van der Waals surface area contributed by atoms with Crippen molar-refractivity contribution >= 4 is 5.91 Å². The first kappa shape index (κ1) is 23.5. The molecular formula is C27H29F2N3O3. The number of benzene rings is 2. The van der Waals surface area contributed by atoms with Gasteiger partial charge in [0.15, 0.2) is 11.6 Å². The van der Waals surface area contributed by atoms with Gasteiger partial charge in [0.05, 0.1) is 29.6 Å². The van der Waals surface area contributed by atoms with Crippen LogP contribution in [-0.4, -0.2) is 39.8 Å². The van der Waals surface area contributed by atoms with Crippen LogP contribution in [0.25, 0.3) is 5.69 Å². The number of aryl methyl sites for hydroxylation is 1. The maximum atomic E-state index is 14.6. The zero-order chi connectivity index (χ0) is 24.4. The quantitative estimate of drug-likeness (QED) is 0.423. The van der Waals surface area contributed by atoms with E-state index in [0.29, 0.717) is 30.3 Å². The first-order chi connectivity index (χ1) is 17.0. The van der Waals surface area contributed by atoms with E-state index < -0.39 is 11.6 Å². The van der Waals surface area contributed by atoms with Crippen molar-refractivity contribution < 1.29 is 23.0 Å². The summed E-state index contributed by atoms with van der Waals surface area (Å²) in [5.41, 5.74) is 2.09.